The van der Waals surface area contributed by atoms with Crippen LogP contribution in [0.5, 0.6) is 0 Å². The third-order valence-electron chi connectivity index (χ3n) is 1.19. The molecule has 0 bridgehead atoms. The summed E-state index contributed by atoms with van der Waals surface area (Å²) in [5.74, 6) is 0.701. The molecule has 6 nitrogen and oxygen atoms in total. The molecule has 0 aliphatic carbocycles. The fourth-order valence-electron chi connectivity index (χ4n) is 0.653. The molecule has 1 radical (unpaired) electrons. The first-order valence-electron chi connectivity index (χ1n) is 3.40. The van der Waals surface area contributed by atoms with E-state index in [1.807, 2.05) is 0 Å². The Bertz CT molecular complexity index is 236. The van der Waals surface area contributed by atoms with Crippen LogP contribution in [0.3, 0.4) is 0 Å². The molecule has 1 amide bonds. The van der Waals surface area contributed by atoms with Gasteiger partial charge in [-0.2, -0.15) is 0 Å². The Morgan fingerprint density at radius 1 is 1.67 bits per heavy atom. The predicted molar refractivity (Wildman–Crippen MR) is 41.5 cm³/mol. The average Bonchev–Trinajstić information content (AvgIpc) is 2.57. The van der Waals surface area contributed by atoms with Gasteiger partial charge in [-0.25, -0.2) is 0 Å². The summed E-state index contributed by atoms with van der Waals surface area (Å²) < 4.78 is 0.590. The Morgan fingerprint density at radius 3 is 3.08 bits per heavy atom. The third kappa shape index (κ3) is 3.22. The number of aromatic amines is 1. The van der Waals surface area contributed by atoms with Gasteiger partial charge in [0.25, 0.3) is 0 Å². The Hall–Kier alpha value is -0.564. The number of nitrogens with one attached hydrogen (secondary N) is 2. The van der Waals surface area contributed by atoms with Gasteiger partial charge in [-0.3, -0.25) is 0 Å². The van der Waals surface area contributed by atoms with Gasteiger partial charge in [0.2, 0.25) is 0 Å². The zero-order valence-corrected chi connectivity index (χ0v) is 9.45. The number of carbonyl (C=O) groups excluding carboxylic acids is 1. The summed E-state index contributed by atoms with van der Waals surface area (Å²) in [7, 11) is 0. The molecule has 65 valence electrons. The quantitative estimate of drug-likeness (QED) is 0.678. The van der Waals surface area contributed by atoms with Crippen LogP contribution < -0.4 is 5.32 Å². The van der Waals surface area contributed by atoms with Gasteiger partial charge >= 0.3 is 84.6 Å². The van der Waals surface area contributed by atoms with Crippen molar-refractivity contribution in [1.82, 2.24) is 25.9 Å². The Kier molecular flexibility index (Phi) is 4.09. The fourth-order valence-corrected chi connectivity index (χ4v) is 1.05. The summed E-state index contributed by atoms with van der Waals surface area (Å²) >= 11 is 1.27. The van der Waals surface area contributed by atoms with Crippen LogP contribution in [0.15, 0.2) is 0 Å². The summed E-state index contributed by atoms with van der Waals surface area (Å²) in [6, 6.07) is 0. The summed E-state index contributed by atoms with van der Waals surface area (Å²) in [6.45, 7) is 0.575. The van der Waals surface area contributed by atoms with Crippen LogP contribution in [0.1, 0.15) is 5.82 Å². The SMILES string of the molecule is O=C([CH2][Po])NCCc1nn[nH]n1. The van der Waals surface area contributed by atoms with Gasteiger partial charge in [-0.1, -0.05) is 0 Å². The van der Waals surface area contributed by atoms with E-state index >= 15 is 0 Å². The molecule has 2 N–H and O–H groups in total. The van der Waals surface area contributed by atoms with Crippen molar-refractivity contribution in [3.63, 3.8) is 0 Å². The molecule has 0 aliphatic rings. The zero-order chi connectivity index (χ0) is 8.81. The van der Waals surface area contributed by atoms with E-state index in [-0.39, 0.29) is 5.91 Å². The molecule has 0 aromatic carbocycles. The molecular weight excluding hydrogens is 355 g/mol. The van der Waals surface area contributed by atoms with E-state index in [1.165, 1.54) is 25.1 Å². The number of H-pyrrole nitrogens is 1. The van der Waals surface area contributed by atoms with Crippen LogP contribution in [-0.2, 0) is 11.2 Å². The summed E-state index contributed by atoms with van der Waals surface area (Å²) in [6.07, 6.45) is 0.623. The molecule has 0 spiro atoms. The summed E-state index contributed by atoms with van der Waals surface area (Å²) in [5.41, 5.74) is 0. The second-order valence-corrected chi connectivity index (χ2v) is 3.19. The summed E-state index contributed by atoms with van der Waals surface area (Å²) in [5, 5.41) is 16.0. The maximum atomic E-state index is 10.8. The number of rotatable bonds is 4. The molecule has 7 heteroatoms. The van der Waals surface area contributed by atoms with Crippen molar-refractivity contribution in [1.29, 1.82) is 0 Å². The van der Waals surface area contributed by atoms with Crippen LogP contribution >= 0.6 is 0 Å². The van der Waals surface area contributed by atoms with Crippen molar-refractivity contribution in [3.05, 3.63) is 5.82 Å². The van der Waals surface area contributed by atoms with Gasteiger partial charge in [0, 0.05) is 0 Å². The standard InChI is InChI=1S/C5H8N5O.Po/c1-4(11)6-3-2-5-7-9-10-8-5;/h1-3H2,(H,6,11)(H,7,8,9,10);. The van der Waals surface area contributed by atoms with E-state index in [0.717, 1.165) is 0 Å². The van der Waals surface area contributed by atoms with Crippen LogP contribution in [0.25, 0.3) is 0 Å². The monoisotopic (exact) mass is 363 g/mol. The van der Waals surface area contributed by atoms with E-state index in [4.69, 9.17) is 0 Å². The van der Waals surface area contributed by atoms with Crippen LogP contribution in [0.2, 0.25) is 4.08 Å². The number of tetrazole rings is 1. The van der Waals surface area contributed by atoms with E-state index in [1.54, 1.807) is 0 Å². The fraction of sp³-hybridized carbons (Fsp3) is 0.600. The number of carbonyl (C=O) groups is 1. The molecule has 0 fully saturated rings. The normalized spacial score (nSPS) is 9.75. The molecule has 0 aliphatic heterocycles. The Labute approximate surface area is 84.6 Å². The van der Waals surface area contributed by atoms with E-state index < -0.39 is 0 Å². The molecule has 12 heavy (non-hydrogen) atoms. The molecule has 0 saturated carbocycles. The zero-order valence-electron chi connectivity index (χ0n) is 6.28. The third-order valence-corrected chi connectivity index (χ3v) is 2.21. The first-order chi connectivity index (χ1) is 5.83. The van der Waals surface area contributed by atoms with Crippen molar-refractivity contribution in [3.8, 4) is 0 Å². The van der Waals surface area contributed by atoms with Crippen LogP contribution in [-0.4, -0.2) is 58.1 Å². The maximum absolute atomic E-state index is 10.8. The number of hydrogen-bond acceptors (Lipinski definition) is 4. The van der Waals surface area contributed by atoms with Crippen molar-refractivity contribution >= 4 is 31.0 Å². The molecule has 1 rings (SSSR count). The number of hydrogen-bond donors (Lipinski definition) is 2. The van der Waals surface area contributed by atoms with Gasteiger partial charge in [-0.15, -0.1) is 0 Å². The second-order valence-electron chi connectivity index (χ2n) is 2.07. The van der Waals surface area contributed by atoms with Gasteiger partial charge in [0.05, 0.1) is 0 Å². The molecular formula is C5H8N5OPo. The average molecular weight is 363 g/mol. The van der Waals surface area contributed by atoms with Gasteiger partial charge in [0.1, 0.15) is 0 Å². The molecule has 0 atom stereocenters. The minimum atomic E-state index is 0.0773. The number of amides is 1. The Balaban J connectivity index is 2.15. The van der Waals surface area contributed by atoms with Gasteiger partial charge < -0.3 is 0 Å². The minimum absolute atomic E-state index is 0.0773. The first kappa shape index (κ1) is 9.52. The molecule has 1 aromatic heterocycles. The van der Waals surface area contributed by atoms with Crippen LogP contribution in [0.4, 0.5) is 0 Å². The van der Waals surface area contributed by atoms with Crippen LogP contribution in [0, 0.1) is 0 Å². The first-order valence-corrected chi connectivity index (χ1v) is 5.64. The van der Waals surface area contributed by atoms with Crippen molar-refractivity contribution in [2.75, 3.05) is 6.54 Å². The molecule has 1 heterocycles. The van der Waals surface area contributed by atoms with Crippen molar-refractivity contribution in [2.24, 2.45) is 0 Å². The number of nitrogens with zero attached hydrogens (tertiary/aromatic N) is 3. The molecule has 0 unspecified atom stereocenters. The van der Waals surface area contributed by atoms with Gasteiger partial charge in [0.15, 0.2) is 0 Å². The van der Waals surface area contributed by atoms with Crippen molar-refractivity contribution in [2.45, 2.75) is 10.5 Å². The molecule has 0 saturated heterocycles. The van der Waals surface area contributed by atoms with E-state index in [0.29, 0.717) is 22.9 Å². The molecule has 1 aromatic rings. The van der Waals surface area contributed by atoms with E-state index in [9.17, 15) is 4.79 Å². The van der Waals surface area contributed by atoms with Crippen molar-refractivity contribution < 1.29 is 4.79 Å². The second kappa shape index (κ2) is 5.15. The van der Waals surface area contributed by atoms with Gasteiger partial charge in [-0.05, 0) is 0 Å². The topological polar surface area (TPSA) is 83.6 Å². The number of aromatic nitrogens is 4. The Morgan fingerprint density at radius 2 is 2.50 bits per heavy atom. The van der Waals surface area contributed by atoms with E-state index in [2.05, 4.69) is 25.9 Å². The predicted octanol–water partition coefficient (Wildman–Crippen LogP) is -1.55. The summed E-state index contributed by atoms with van der Waals surface area (Å²) in [4.78, 5) is 10.8.